The van der Waals surface area contributed by atoms with E-state index in [1.54, 1.807) is 0 Å². The summed E-state index contributed by atoms with van der Waals surface area (Å²) in [6.45, 7) is 3.63. The zero-order chi connectivity index (χ0) is 17.3. The lowest BCUT2D eigenvalue weighted by Gasteiger charge is -2.18. The van der Waals surface area contributed by atoms with E-state index >= 15 is 0 Å². The molecule has 0 saturated carbocycles. The first-order chi connectivity index (χ1) is 11.4. The van der Waals surface area contributed by atoms with E-state index in [9.17, 15) is 14.0 Å². The number of anilines is 2. The fourth-order valence-electron chi connectivity index (χ4n) is 2.97. The zero-order valence-electron chi connectivity index (χ0n) is 13.6. The third kappa shape index (κ3) is 3.48. The largest absolute Gasteiger partial charge is 0.322 e. The van der Waals surface area contributed by atoms with Crippen LogP contribution >= 0.6 is 11.3 Å². The Morgan fingerprint density at radius 1 is 1.21 bits per heavy atom. The lowest BCUT2D eigenvalue weighted by Crippen LogP contribution is -2.18. The van der Waals surface area contributed by atoms with E-state index in [1.807, 2.05) is 0 Å². The van der Waals surface area contributed by atoms with Gasteiger partial charge in [-0.2, -0.15) is 0 Å². The van der Waals surface area contributed by atoms with Crippen LogP contribution in [0.25, 0.3) is 0 Å². The predicted molar refractivity (Wildman–Crippen MR) is 94.2 cm³/mol. The van der Waals surface area contributed by atoms with Gasteiger partial charge in [0.2, 0.25) is 5.91 Å². The number of halogens is 1. The van der Waals surface area contributed by atoms with Gasteiger partial charge in [-0.1, -0.05) is 6.92 Å². The van der Waals surface area contributed by atoms with E-state index in [1.165, 1.54) is 47.4 Å². The molecule has 4 nitrogen and oxygen atoms in total. The van der Waals surface area contributed by atoms with E-state index in [4.69, 9.17) is 0 Å². The highest BCUT2D eigenvalue weighted by atomic mass is 32.1. The molecule has 1 aliphatic rings. The first-order valence-electron chi connectivity index (χ1n) is 7.93. The molecule has 1 heterocycles. The molecule has 2 N–H and O–H groups in total. The standard InChI is InChI=1S/C18H19FN2O2S/c1-10-3-8-14-15(9-10)24-18(20-11(2)22)16(14)17(23)21-13-6-4-12(19)5-7-13/h4-7,10H,3,8-9H2,1-2H3,(H,20,22)(H,21,23)/t10-/m1/s1. The Labute approximate surface area is 144 Å². The number of nitrogens with one attached hydrogen (secondary N) is 2. The Morgan fingerprint density at radius 2 is 1.92 bits per heavy atom. The van der Waals surface area contributed by atoms with Gasteiger partial charge in [0.25, 0.3) is 5.91 Å². The number of carbonyl (C=O) groups excluding carboxylic acids is 2. The van der Waals surface area contributed by atoms with Crippen molar-refractivity contribution in [2.24, 2.45) is 5.92 Å². The summed E-state index contributed by atoms with van der Waals surface area (Å²) >= 11 is 1.48. The molecule has 3 rings (SSSR count). The van der Waals surface area contributed by atoms with Gasteiger partial charge in [0, 0.05) is 17.5 Å². The van der Waals surface area contributed by atoms with Gasteiger partial charge in [-0.3, -0.25) is 9.59 Å². The molecule has 0 spiro atoms. The van der Waals surface area contributed by atoms with Crippen molar-refractivity contribution in [1.82, 2.24) is 0 Å². The average molecular weight is 346 g/mol. The van der Waals surface area contributed by atoms with Crippen molar-refractivity contribution in [3.63, 3.8) is 0 Å². The maximum atomic E-state index is 13.0. The van der Waals surface area contributed by atoms with Crippen molar-refractivity contribution < 1.29 is 14.0 Å². The highest BCUT2D eigenvalue weighted by molar-refractivity contribution is 7.17. The van der Waals surface area contributed by atoms with Crippen LogP contribution in [0, 0.1) is 11.7 Å². The number of benzene rings is 1. The smallest absolute Gasteiger partial charge is 0.258 e. The van der Waals surface area contributed by atoms with Gasteiger partial charge in [-0.05, 0) is 55.0 Å². The van der Waals surface area contributed by atoms with E-state index in [-0.39, 0.29) is 17.6 Å². The molecular formula is C18H19FN2O2S. The van der Waals surface area contributed by atoms with Crippen molar-refractivity contribution in [2.45, 2.75) is 33.1 Å². The van der Waals surface area contributed by atoms with Gasteiger partial charge in [-0.25, -0.2) is 4.39 Å². The van der Waals surface area contributed by atoms with Gasteiger partial charge in [0.05, 0.1) is 5.56 Å². The summed E-state index contributed by atoms with van der Waals surface area (Å²) in [5, 5.41) is 6.17. The monoisotopic (exact) mass is 346 g/mol. The summed E-state index contributed by atoms with van der Waals surface area (Å²) in [6, 6.07) is 5.64. The maximum absolute atomic E-state index is 13.0. The fraction of sp³-hybridized carbons (Fsp3) is 0.333. The van der Waals surface area contributed by atoms with Crippen LogP contribution in [0.2, 0.25) is 0 Å². The minimum Gasteiger partial charge on any atom is -0.322 e. The third-order valence-electron chi connectivity index (χ3n) is 4.13. The highest BCUT2D eigenvalue weighted by Crippen LogP contribution is 2.40. The third-order valence-corrected chi connectivity index (χ3v) is 5.30. The number of fused-ring (bicyclic) bond motifs is 1. The van der Waals surface area contributed by atoms with E-state index < -0.39 is 0 Å². The van der Waals surface area contributed by atoms with Crippen molar-refractivity contribution in [1.29, 1.82) is 0 Å². The maximum Gasteiger partial charge on any atom is 0.258 e. The van der Waals surface area contributed by atoms with Crippen LogP contribution in [0.4, 0.5) is 15.1 Å². The molecule has 0 bridgehead atoms. The molecule has 0 saturated heterocycles. The molecule has 2 aromatic rings. The summed E-state index contributed by atoms with van der Waals surface area (Å²) in [5.74, 6) is -0.238. The molecule has 0 aliphatic heterocycles. The number of hydrogen-bond donors (Lipinski definition) is 2. The SMILES string of the molecule is CC(=O)Nc1sc2c(c1C(=O)Nc1ccc(F)cc1)CC[C@@H](C)C2. The Kier molecular flexibility index (Phi) is 4.66. The molecule has 0 fully saturated rings. The van der Waals surface area contributed by atoms with Gasteiger partial charge >= 0.3 is 0 Å². The van der Waals surface area contributed by atoms with Gasteiger partial charge in [-0.15, -0.1) is 11.3 Å². The normalized spacial score (nSPS) is 16.4. The molecule has 126 valence electrons. The van der Waals surface area contributed by atoms with E-state index in [0.717, 1.165) is 24.8 Å². The molecule has 0 radical (unpaired) electrons. The number of thiophene rings is 1. The first-order valence-corrected chi connectivity index (χ1v) is 8.74. The molecule has 1 aromatic heterocycles. The molecule has 6 heteroatoms. The Bertz CT molecular complexity index is 783. The van der Waals surface area contributed by atoms with Crippen LogP contribution < -0.4 is 10.6 Å². The van der Waals surface area contributed by atoms with Gasteiger partial charge < -0.3 is 10.6 Å². The molecule has 1 atom stereocenters. The summed E-state index contributed by atoms with van der Waals surface area (Å²) in [5.41, 5.74) is 2.10. The molecule has 24 heavy (non-hydrogen) atoms. The Morgan fingerprint density at radius 3 is 2.58 bits per heavy atom. The van der Waals surface area contributed by atoms with Crippen molar-refractivity contribution in [3.8, 4) is 0 Å². The minimum atomic E-state index is -0.353. The predicted octanol–water partition coefficient (Wildman–Crippen LogP) is 4.22. The molecule has 1 aromatic carbocycles. The Hall–Kier alpha value is -2.21. The quantitative estimate of drug-likeness (QED) is 0.874. The van der Waals surface area contributed by atoms with Crippen molar-refractivity contribution in [3.05, 3.63) is 46.1 Å². The van der Waals surface area contributed by atoms with E-state index in [2.05, 4.69) is 17.6 Å². The molecular weight excluding hydrogens is 327 g/mol. The lowest BCUT2D eigenvalue weighted by atomic mass is 9.88. The summed E-state index contributed by atoms with van der Waals surface area (Å²) < 4.78 is 13.0. The summed E-state index contributed by atoms with van der Waals surface area (Å²) in [7, 11) is 0. The van der Waals surface area contributed by atoms with Crippen LogP contribution in [-0.2, 0) is 17.6 Å². The van der Waals surface area contributed by atoms with Crippen molar-refractivity contribution in [2.75, 3.05) is 10.6 Å². The highest BCUT2D eigenvalue weighted by Gasteiger charge is 2.28. The Balaban J connectivity index is 1.93. The van der Waals surface area contributed by atoms with Crippen LogP contribution in [0.1, 0.15) is 41.1 Å². The van der Waals surface area contributed by atoms with Gasteiger partial charge in [0.15, 0.2) is 0 Å². The van der Waals surface area contributed by atoms with Gasteiger partial charge in [0.1, 0.15) is 10.8 Å². The van der Waals surface area contributed by atoms with Crippen LogP contribution in [-0.4, -0.2) is 11.8 Å². The van der Waals surface area contributed by atoms with Crippen LogP contribution in [0.3, 0.4) is 0 Å². The minimum absolute atomic E-state index is 0.197. The topological polar surface area (TPSA) is 58.2 Å². The second kappa shape index (κ2) is 6.73. The second-order valence-corrected chi connectivity index (χ2v) is 7.30. The zero-order valence-corrected chi connectivity index (χ0v) is 14.4. The van der Waals surface area contributed by atoms with Crippen LogP contribution in [0.15, 0.2) is 24.3 Å². The molecule has 1 aliphatic carbocycles. The molecule has 0 unspecified atom stereocenters. The lowest BCUT2D eigenvalue weighted by molar-refractivity contribution is -0.114. The van der Waals surface area contributed by atoms with Crippen LogP contribution in [0.5, 0.6) is 0 Å². The number of hydrogen-bond acceptors (Lipinski definition) is 3. The first kappa shape index (κ1) is 16.6. The number of carbonyl (C=O) groups is 2. The number of rotatable bonds is 3. The number of amides is 2. The summed E-state index contributed by atoms with van der Waals surface area (Å²) in [4.78, 5) is 25.4. The van der Waals surface area contributed by atoms with Crippen molar-refractivity contribution >= 4 is 33.8 Å². The average Bonchev–Trinajstić information content (AvgIpc) is 2.85. The summed E-state index contributed by atoms with van der Waals surface area (Å²) in [6.07, 6.45) is 2.79. The fourth-order valence-corrected chi connectivity index (χ4v) is 4.42. The second-order valence-electron chi connectivity index (χ2n) is 6.20. The van der Waals surface area contributed by atoms with E-state index in [0.29, 0.717) is 22.2 Å². The molecule has 2 amide bonds.